The number of benzene rings is 1. The molecule has 0 bridgehead atoms. The zero-order valence-corrected chi connectivity index (χ0v) is 12.0. The predicted molar refractivity (Wildman–Crippen MR) is 76.4 cm³/mol. The molecule has 1 aromatic rings. The molecule has 0 heterocycles. The van der Waals surface area contributed by atoms with E-state index in [1.807, 2.05) is 6.92 Å². The highest BCUT2D eigenvalue weighted by molar-refractivity contribution is 5.55. The Balaban J connectivity index is 3.08. The molecule has 0 fully saturated rings. The summed E-state index contributed by atoms with van der Waals surface area (Å²) in [5, 5.41) is 0. The lowest BCUT2D eigenvalue weighted by Gasteiger charge is -2.38. The summed E-state index contributed by atoms with van der Waals surface area (Å²) in [6.45, 7) is 11.1. The number of hydrogen-bond acceptors (Lipinski definition) is 2. The van der Waals surface area contributed by atoms with E-state index in [0.717, 1.165) is 0 Å². The summed E-state index contributed by atoms with van der Waals surface area (Å²) >= 11 is 0. The second kappa shape index (κ2) is 5.09. The number of nitrogens with zero attached hydrogens (tertiary/aromatic N) is 1. The van der Waals surface area contributed by atoms with Gasteiger partial charge in [-0.25, -0.2) is 0 Å². The van der Waals surface area contributed by atoms with E-state index in [9.17, 15) is 0 Å². The molecule has 2 heteroatoms. The summed E-state index contributed by atoms with van der Waals surface area (Å²) < 4.78 is 0. The Morgan fingerprint density at radius 2 is 1.65 bits per heavy atom. The minimum Gasteiger partial charge on any atom is -0.371 e. The average Bonchev–Trinajstić information content (AvgIpc) is 2.25. The van der Waals surface area contributed by atoms with E-state index in [1.54, 1.807) is 0 Å². The Kier molecular flexibility index (Phi) is 4.21. The van der Waals surface area contributed by atoms with Crippen LogP contribution in [0.15, 0.2) is 24.3 Å². The van der Waals surface area contributed by atoms with Crippen molar-refractivity contribution in [2.24, 2.45) is 11.1 Å². The largest absolute Gasteiger partial charge is 0.371 e. The fourth-order valence-corrected chi connectivity index (χ4v) is 1.98. The van der Waals surface area contributed by atoms with Crippen LogP contribution in [-0.4, -0.2) is 13.1 Å². The maximum absolute atomic E-state index is 6.03. The van der Waals surface area contributed by atoms with Crippen molar-refractivity contribution in [1.29, 1.82) is 0 Å². The highest BCUT2D eigenvalue weighted by Crippen LogP contribution is 2.31. The number of rotatable bonds is 3. The van der Waals surface area contributed by atoms with Gasteiger partial charge < -0.3 is 10.6 Å². The van der Waals surface area contributed by atoms with Crippen LogP contribution in [0.25, 0.3) is 0 Å². The summed E-state index contributed by atoms with van der Waals surface area (Å²) in [5.41, 5.74) is 8.74. The lowest BCUT2D eigenvalue weighted by molar-refractivity contribution is 0.329. The van der Waals surface area contributed by atoms with Crippen LogP contribution < -0.4 is 10.6 Å². The van der Waals surface area contributed by atoms with Gasteiger partial charge in [0.1, 0.15) is 0 Å². The predicted octanol–water partition coefficient (Wildman–Crippen LogP) is 3.58. The van der Waals surface area contributed by atoms with E-state index in [1.165, 1.54) is 11.3 Å². The number of anilines is 1. The van der Waals surface area contributed by atoms with Crippen molar-refractivity contribution in [3.8, 4) is 0 Å². The molecule has 2 nitrogen and oxygen atoms in total. The van der Waals surface area contributed by atoms with Crippen molar-refractivity contribution in [2.75, 3.05) is 11.9 Å². The molecule has 17 heavy (non-hydrogen) atoms. The molecule has 0 aromatic heterocycles. The highest BCUT2D eigenvalue weighted by Gasteiger charge is 2.25. The first kappa shape index (κ1) is 14.0. The Morgan fingerprint density at radius 1 is 1.12 bits per heavy atom. The molecule has 0 amide bonds. The maximum atomic E-state index is 6.03. The fourth-order valence-electron chi connectivity index (χ4n) is 1.98. The molecule has 0 radical (unpaired) electrons. The van der Waals surface area contributed by atoms with Gasteiger partial charge >= 0.3 is 0 Å². The first-order valence-electron chi connectivity index (χ1n) is 6.32. The molecule has 0 saturated carbocycles. The van der Waals surface area contributed by atoms with Gasteiger partial charge in [0.15, 0.2) is 0 Å². The highest BCUT2D eigenvalue weighted by atomic mass is 15.1. The monoisotopic (exact) mass is 234 g/mol. The molecule has 1 aromatic carbocycles. The first-order valence-corrected chi connectivity index (χ1v) is 6.32. The third-order valence-electron chi connectivity index (χ3n) is 3.64. The van der Waals surface area contributed by atoms with Gasteiger partial charge in [-0.1, -0.05) is 39.0 Å². The third kappa shape index (κ3) is 3.22. The second-order valence-corrected chi connectivity index (χ2v) is 6.00. The SMILES string of the molecule is CC(N(C)c1ccccc1[C@@H](C)N)C(C)(C)C. The van der Waals surface area contributed by atoms with Crippen molar-refractivity contribution < 1.29 is 0 Å². The minimum absolute atomic E-state index is 0.0702. The number of hydrogen-bond donors (Lipinski definition) is 1. The molecule has 2 atom stereocenters. The van der Waals surface area contributed by atoms with Crippen molar-refractivity contribution in [3.05, 3.63) is 29.8 Å². The molecule has 1 rings (SSSR count). The van der Waals surface area contributed by atoms with Crippen molar-refractivity contribution in [1.82, 2.24) is 0 Å². The minimum atomic E-state index is 0.0702. The normalized spacial score (nSPS) is 15.5. The van der Waals surface area contributed by atoms with E-state index in [0.29, 0.717) is 6.04 Å². The zero-order chi connectivity index (χ0) is 13.2. The lowest BCUT2D eigenvalue weighted by atomic mass is 9.86. The van der Waals surface area contributed by atoms with Gasteiger partial charge in [-0.05, 0) is 30.9 Å². The molecule has 0 spiro atoms. The molecule has 0 aliphatic rings. The smallest absolute Gasteiger partial charge is 0.0414 e. The van der Waals surface area contributed by atoms with Gasteiger partial charge in [-0.3, -0.25) is 0 Å². The van der Waals surface area contributed by atoms with E-state index < -0.39 is 0 Å². The van der Waals surface area contributed by atoms with Gasteiger partial charge in [0.2, 0.25) is 0 Å². The molecule has 0 saturated heterocycles. The Bertz CT molecular complexity index is 363. The van der Waals surface area contributed by atoms with Gasteiger partial charge in [-0.15, -0.1) is 0 Å². The standard InChI is InChI=1S/C15H26N2/c1-11(16)13-9-7-8-10-14(13)17(6)12(2)15(3,4)5/h7-12H,16H2,1-6H3/t11-,12?/m1/s1. The van der Waals surface area contributed by atoms with Crippen LogP contribution in [0.2, 0.25) is 0 Å². The quantitative estimate of drug-likeness (QED) is 0.866. The number of nitrogens with two attached hydrogens (primary N) is 1. The molecular formula is C15H26N2. The molecule has 96 valence electrons. The van der Waals surface area contributed by atoms with E-state index in [4.69, 9.17) is 5.73 Å². The lowest BCUT2D eigenvalue weighted by Crippen LogP contribution is -2.40. The summed E-state index contributed by atoms with van der Waals surface area (Å²) in [6.07, 6.45) is 0. The molecule has 1 unspecified atom stereocenters. The van der Waals surface area contributed by atoms with Crippen LogP contribution in [0.5, 0.6) is 0 Å². The van der Waals surface area contributed by atoms with Gasteiger partial charge in [0.25, 0.3) is 0 Å². The van der Waals surface area contributed by atoms with E-state index in [-0.39, 0.29) is 11.5 Å². The molecule has 0 aliphatic heterocycles. The van der Waals surface area contributed by atoms with Gasteiger partial charge in [0, 0.05) is 24.8 Å². The van der Waals surface area contributed by atoms with Crippen molar-refractivity contribution >= 4 is 5.69 Å². The van der Waals surface area contributed by atoms with Crippen LogP contribution in [0, 0.1) is 5.41 Å². The second-order valence-electron chi connectivity index (χ2n) is 6.00. The van der Waals surface area contributed by atoms with Crippen LogP contribution in [-0.2, 0) is 0 Å². The van der Waals surface area contributed by atoms with Gasteiger partial charge in [-0.2, -0.15) is 0 Å². The first-order chi connectivity index (χ1) is 7.75. The third-order valence-corrected chi connectivity index (χ3v) is 3.64. The Morgan fingerprint density at radius 3 is 2.12 bits per heavy atom. The summed E-state index contributed by atoms with van der Waals surface area (Å²) in [7, 11) is 2.15. The van der Waals surface area contributed by atoms with Crippen LogP contribution in [0.4, 0.5) is 5.69 Å². The maximum Gasteiger partial charge on any atom is 0.0414 e. The molecular weight excluding hydrogens is 208 g/mol. The van der Waals surface area contributed by atoms with Crippen LogP contribution >= 0.6 is 0 Å². The van der Waals surface area contributed by atoms with Gasteiger partial charge in [0.05, 0.1) is 0 Å². The topological polar surface area (TPSA) is 29.3 Å². The Hall–Kier alpha value is -1.02. The molecule has 2 N–H and O–H groups in total. The van der Waals surface area contributed by atoms with Crippen LogP contribution in [0.1, 0.15) is 46.2 Å². The van der Waals surface area contributed by atoms with Crippen molar-refractivity contribution in [3.63, 3.8) is 0 Å². The van der Waals surface area contributed by atoms with Crippen molar-refractivity contribution in [2.45, 2.75) is 46.7 Å². The summed E-state index contributed by atoms with van der Waals surface area (Å²) in [6, 6.07) is 8.93. The summed E-state index contributed by atoms with van der Waals surface area (Å²) in [4.78, 5) is 2.33. The van der Waals surface area contributed by atoms with E-state index in [2.05, 4.69) is 63.9 Å². The number of para-hydroxylation sites is 1. The molecule has 0 aliphatic carbocycles. The summed E-state index contributed by atoms with van der Waals surface area (Å²) in [5.74, 6) is 0. The fraction of sp³-hybridized carbons (Fsp3) is 0.600. The van der Waals surface area contributed by atoms with E-state index >= 15 is 0 Å². The average molecular weight is 234 g/mol. The Labute approximate surface area is 106 Å². The zero-order valence-electron chi connectivity index (χ0n) is 12.0. The van der Waals surface area contributed by atoms with Crippen LogP contribution in [0.3, 0.4) is 0 Å².